The zero-order chi connectivity index (χ0) is 13.1. The molecule has 0 aliphatic carbocycles. The van der Waals surface area contributed by atoms with Crippen LogP contribution in [0.2, 0.25) is 0 Å². The molecule has 6 nitrogen and oxygen atoms in total. The molecule has 2 rings (SSSR count). The molecule has 1 aromatic carbocycles. The standard InChI is InChI=1S/C12H12N2O4/c1-17-11-4-7-3-10(12(16)18-2)14-8(7)5-9(11)13-6-15/h3-6,14H,1-2H3,(H,13,15). The van der Waals surface area contributed by atoms with E-state index in [2.05, 4.69) is 15.0 Å². The van der Waals surface area contributed by atoms with E-state index in [4.69, 9.17) is 4.74 Å². The van der Waals surface area contributed by atoms with E-state index in [1.807, 2.05) is 0 Å². The molecule has 2 aromatic rings. The van der Waals surface area contributed by atoms with Crippen LogP contribution in [0.3, 0.4) is 0 Å². The summed E-state index contributed by atoms with van der Waals surface area (Å²) in [7, 11) is 2.82. The van der Waals surface area contributed by atoms with Gasteiger partial charge in [-0.15, -0.1) is 0 Å². The van der Waals surface area contributed by atoms with Gasteiger partial charge in [-0.05, 0) is 18.2 Å². The molecule has 0 saturated heterocycles. The Bertz CT molecular complexity index is 603. The molecule has 2 N–H and O–H groups in total. The van der Waals surface area contributed by atoms with Gasteiger partial charge in [0.15, 0.2) is 0 Å². The summed E-state index contributed by atoms with van der Waals surface area (Å²) >= 11 is 0. The van der Waals surface area contributed by atoms with E-state index in [9.17, 15) is 9.59 Å². The molecule has 0 aliphatic heterocycles. The van der Waals surface area contributed by atoms with Crippen LogP contribution in [-0.2, 0) is 9.53 Å². The Morgan fingerprint density at radius 3 is 2.72 bits per heavy atom. The van der Waals surface area contributed by atoms with Crippen LogP contribution in [-0.4, -0.2) is 31.6 Å². The normalized spacial score (nSPS) is 10.1. The molecular weight excluding hydrogens is 236 g/mol. The number of hydrogen-bond acceptors (Lipinski definition) is 4. The molecule has 0 fully saturated rings. The average molecular weight is 248 g/mol. The summed E-state index contributed by atoms with van der Waals surface area (Å²) in [5, 5.41) is 3.33. The van der Waals surface area contributed by atoms with Crippen molar-refractivity contribution >= 4 is 29.0 Å². The number of aromatic nitrogens is 1. The molecule has 0 bridgehead atoms. The molecule has 18 heavy (non-hydrogen) atoms. The Morgan fingerprint density at radius 2 is 2.11 bits per heavy atom. The molecule has 1 amide bonds. The van der Waals surface area contributed by atoms with E-state index >= 15 is 0 Å². The predicted octanol–water partition coefficient (Wildman–Crippen LogP) is 1.53. The monoisotopic (exact) mass is 248 g/mol. The van der Waals surface area contributed by atoms with Crippen LogP contribution in [0.15, 0.2) is 18.2 Å². The summed E-state index contributed by atoms with van der Waals surface area (Å²) in [4.78, 5) is 24.8. The number of fused-ring (bicyclic) bond motifs is 1. The van der Waals surface area contributed by atoms with Crippen molar-refractivity contribution in [2.75, 3.05) is 19.5 Å². The van der Waals surface area contributed by atoms with Crippen LogP contribution in [0.25, 0.3) is 10.9 Å². The van der Waals surface area contributed by atoms with Gasteiger partial charge in [-0.3, -0.25) is 4.79 Å². The lowest BCUT2D eigenvalue weighted by atomic mass is 10.2. The zero-order valence-corrected chi connectivity index (χ0v) is 9.94. The van der Waals surface area contributed by atoms with Gasteiger partial charge in [-0.1, -0.05) is 0 Å². The minimum Gasteiger partial charge on any atom is -0.495 e. The van der Waals surface area contributed by atoms with Crippen molar-refractivity contribution in [3.63, 3.8) is 0 Å². The second-order valence-electron chi connectivity index (χ2n) is 3.58. The number of H-pyrrole nitrogens is 1. The van der Waals surface area contributed by atoms with Crippen molar-refractivity contribution in [3.05, 3.63) is 23.9 Å². The number of carbonyl (C=O) groups excluding carboxylic acids is 2. The minimum absolute atomic E-state index is 0.345. The molecule has 0 radical (unpaired) electrons. The Morgan fingerprint density at radius 1 is 1.33 bits per heavy atom. The molecule has 0 aliphatic rings. The summed E-state index contributed by atoms with van der Waals surface area (Å²) in [6.45, 7) is 0. The Hall–Kier alpha value is -2.50. The number of amides is 1. The molecule has 6 heteroatoms. The lowest BCUT2D eigenvalue weighted by Gasteiger charge is -2.06. The highest BCUT2D eigenvalue weighted by molar-refractivity contribution is 5.97. The van der Waals surface area contributed by atoms with E-state index in [-0.39, 0.29) is 0 Å². The first-order valence-electron chi connectivity index (χ1n) is 5.19. The van der Waals surface area contributed by atoms with Crippen molar-refractivity contribution in [2.45, 2.75) is 0 Å². The van der Waals surface area contributed by atoms with Gasteiger partial charge in [-0.2, -0.15) is 0 Å². The Labute approximate surface area is 103 Å². The third-order valence-corrected chi connectivity index (χ3v) is 2.56. The zero-order valence-electron chi connectivity index (χ0n) is 9.94. The summed E-state index contributed by atoms with van der Waals surface area (Å²) in [6.07, 6.45) is 0.563. The number of anilines is 1. The van der Waals surface area contributed by atoms with Crippen molar-refractivity contribution in [1.29, 1.82) is 0 Å². The summed E-state index contributed by atoms with van der Waals surface area (Å²) in [5.74, 6) is 0.0695. The molecule has 1 heterocycles. The lowest BCUT2D eigenvalue weighted by molar-refractivity contribution is -0.105. The fourth-order valence-corrected chi connectivity index (χ4v) is 1.72. The van der Waals surface area contributed by atoms with E-state index in [1.165, 1.54) is 14.2 Å². The quantitative estimate of drug-likeness (QED) is 0.635. The Balaban J connectivity index is 2.55. The number of ether oxygens (including phenoxy) is 2. The molecule has 94 valence electrons. The third-order valence-electron chi connectivity index (χ3n) is 2.56. The Kier molecular flexibility index (Phi) is 3.18. The number of aromatic amines is 1. The first-order chi connectivity index (χ1) is 8.69. The smallest absolute Gasteiger partial charge is 0.354 e. The van der Waals surface area contributed by atoms with E-state index in [0.717, 1.165) is 5.39 Å². The molecule has 1 aromatic heterocycles. The second kappa shape index (κ2) is 4.79. The molecule has 0 atom stereocenters. The van der Waals surface area contributed by atoms with Crippen molar-refractivity contribution in [3.8, 4) is 5.75 Å². The van der Waals surface area contributed by atoms with Crippen molar-refractivity contribution in [1.82, 2.24) is 4.98 Å². The topological polar surface area (TPSA) is 80.4 Å². The highest BCUT2D eigenvalue weighted by atomic mass is 16.5. The summed E-state index contributed by atoms with van der Waals surface area (Å²) < 4.78 is 9.78. The van der Waals surface area contributed by atoms with Crippen LogP contribution in [0.5, 0.6) is 5.75 Å². The maximum atomic E-state index is 11.4. The lowest BCUT2D eigenvalue weighted by Crippen LogP contribution is -2.00. The van der Waals surface area contributed by atoms with Crippen molar-refractivity contribution in [2.24, 2.45) is 0 Å². The number of nitrogens with one attached hydrogen (secondary N) is 2. The van der Waals surface area contributed by atoms with Gasteiger partial charge >= 0.3 is 5.97 Å². The molecular formula is C12H12N2O4. The van der Waals surface area contributed by atoms with Gasteiger partial charge in [0.25, 0.3) is 0 Å². The number of hydrogen-bond donors (Lipinski definition) is 2. The van der Waals surface area contributed by atoms with Gasteiger partial charge < -0.3 is 19.8 Å². The highest BCUT2D eigenvalue weighted by Crippen LogP contribution is 2.30. The van der Waals surface area contributed by atoms with Gasteiger partial charge in [0.1, 0.15) is 11.4 Å². The van der Waals surface area contributed by atoms with Gasteiger partial charge in [-0.25, -0.2) is 4.79 Å². The fourth-order valence-electron chi connectivity index (χ4n) is 1.72. The number of esters is 1. The average Bonchev–Trinajstić information content (AvgIpc) is 2.80. The number of benzene rings is 1. The first kappa shape index (κ1) is 12.0. The van der Waals surface area contributed by atoms with E-state index in [0.29, 0.717) is 29.1 Å². The molecule has 0 spiro atoms. The second-order valence-corrected chi connectivity index (χ2v) is 3.58. The van der Waals surface area contributed by atoms with Gasteiger partial charge in [0.2, 0.25) is 6.41 Å². The number of methoxy groups -OCH3 is 2. The van der Waals surface area contributed by atoms with E-state index in [1.54, 1.807) is 18.2 Å². The first-order valence-corrected chi connectivity index (χ1v) is 5.19. The third kappa shape index (κ3) is 2.00. The maximum absolute atomic E-state index is 11.4. The number of carbonyl (C=O) groups is 2. The fraction of sp³-hybridized carbons (Fsp3) is 0.167. The molecule has 0 saturated carbocycles. The van der Waals surface area contributed by atoms with E-state index < -0.39 is 5.97 Å². The highest BCUT2D eigenvalue weighted by Gasteiger charge is 2.12. The van der Waals surface area contributed by atoms with Gasteiger partial charge in [0.05, 0.1) is 19.9 Å². The SMILES string of the molecule is COC(=O)c1cc2cc(OC)c(NC=O)cc2[nH]1. The minimum atomic E-state index is -0.449. The van der Waals surface area contributed by atoms with Crippen molar-refractivity contribution < 1.29 is 19.1 Å². The van der Waals surface area contributed by atoms with Crippen LogP contribution in [0.1, 0.15) is 10.5 Å². The largest absolute Gasteiger partial charge is 0.495 e. The van der Waals surface area contributed by atoms with Crippen LogP contribution in [0, 0.1) is 0 Å². The molecule has 0 unspecified atom stereocenters. The number of rotatable bonds is 4. The summed E-state index contributed by atoms with van der Waals surface area (Å²) in [6, 6.07) is 5.08. The van der Waals surface area contributed by atoms with Gasteiger partial charge in [0, 0.05) is 10.9 Å². The predicted molar refractivity (Wildman–Crippen MR) is 65.9 cm³/mol. The van der Waals surface area contributed by atoms with Crippen LogP contribution in [0.4, 0.5) is 5.69 Å². The maximum Gasteiger partial charge on any atom is 0.354 e. The summed E-state index contributed by atoms with van der Waals surface area (Å²) in [5.41, 5.74) is 1.58. The van der Waals surface area contributed by atoms with Crippen LogP contribution < -0.4 is 10.1 Å². The van der Waals surface area contributed by atoms with Crippen LogP contribution >= 0.6 is 0 Å².